The van der Waals surface area contributed by atoms with Crippen LogP contribution in [0.25, 0.3) is 22.2 Å². The summed E-state index contributed by atoms with van der Waals surface area (Å²) in [5.41, 5.74) is 7.77. The molecule has 0 fully saturated rings. The first-order chi connectivity index (χ1) is 9.19. The van der Waals surface area contributed by atoms with Crippen molar-refractivity contribution in [1.82, 2.24) is 4.98 Å². The number of aromatic amines is 1. The predicted molar refractivity (Wildman–Crippen MR) is 82.6 cm³/mol. The van der Waals surface area contributed by atoms with E-state index in [0.717, 1.165) is 6.42 Å². The Kier molecular flexibility index (Phi) is 2.90. The molecule has 0 spiro atoms. The maximum absolute atomic E-state index is 3.56. The van der Waals surface area contributed by atoms with Crippen LogP contribution in [-0.4, -0.2) is 4.98 Å². The van der Waals surface area contributed by atoms with Gasteiger partial charge in [0, 0.05) is 16.6 Å². The summed E-state index contributed by atoms with van der Waals surface area (Å²) in [6.45, 7) is 6.52. The maximum Gasteiger partial charge on any atom is 0.0491 e. The first kappa shape index (κ1) is 12.0. The summed E-state index contributed by atoms with van der Waals surface area (Å²) in [5, 5.41) is 1.29. The van der Waals surface area contributed by atoms with Gasteiger partial charge in [0.2, 0.25) is 0 Å². The molecule has 0 aliphatic heterocycles. The van der Waals surface area contributed by atoms with E-state index < -0.39 is 0 Å². The molecular weight excluding hydrogens is 230 g/mol. The number of hydrogen-bond donors (Lipinski definition) is 1. The van der Waals surface area contributed by atoms with E-state index in [4.69, 9.17) is 0 Å². The normalized spacial score (nSPS) is 11.1. The molecule has 0 amide bonds. The summed E-state index contributed by atoms with van der Waals surface area (Å²) in [4.78, 5) is 3.56. The van der Waals surface area contributed by atoms with E-state index in [1.54, 1.807) is 0 Å². The van der Waals surface area contributed by atoms with Gasteiger partial charge in [-0.2, -0.15) is 0 Å². The number of nitrogens with one attached hydrogen (secondary N) is 1. The highest BCUT2D eigenvalue weighted by atomic mass is 14.7. The maximum atomic E-state index is 3.56. The van der Waals surface area contributed by atoms with Crippen LogP contribution in [0.3, 0.4) is 0 Å². The van der Waals surface area contributed by atoms with Crippen LogP contribution in [0.4, 0.5) is 0 Å². The molecule has 96 valence electrons. The number of benzene rings is 2. The van der Waals surface area contributed by atoms with Crippen molar-refractivity contribution in [2.24, 2.45) is 0 Å². The third-order valence-corrected chi connectivity index (χ3v) is 4.00. The quantitative estimate of drug-likeness (QED) is 0.656. The molecule has 0 unspecified atom stereocenters. The SMILES string of the molecule is CCc1ccc(-c2cc3ccc(C)c(C)c3[nH]2)cc1. The smallest absolute Gasteiger partial charge is 0.0491 e. The Morgan fingerprint density at radius 1 is 0.947 bits per heavy atom. The number of fused-ring (bicyclic) bond motifs is 1. The fraction of sp³-hybridized carbons (Fsp3) is 0.222. The van der Waals surface area contributed by atoms with Gasteiger partial charge in [-0.3, -0.25) is 0 Å². The molecule has 0 saturated heterocycles. The van der Waals surface area contributed by atoms with Crippen molar-refractivity contribution in [2.75, 3.05) is 0 Å². The fourth-order valence-corrected chi connectivity index (χ4v) is 2.52. The third-order valence-electron chi connectivity index (χ3n) is 4.00. The molecular formula is C18H19N. The summed E-state index contributed by atoms with van der Waals surface area (Å²) in [6, 6.07) is 15.4. The molecule has 0 aliphatic rings. The third kappa shape index (κ3) is 2.06. The largest absolute Gasteiger partial charge is 0.354 e. The van der Waals surface area contributed by atoms with Crippen molar-refractivity contribution in [3.63, 3.8) is 0 Å². The molecule has 0 atom stereocenters. The molecule has 1 heteroatoms. The predicted octanol–water partition coefficient (Wildman–Crippen LogP) is 5.01. The first-order valence-electron chi connectivity index (χ1n) is 6.87. The zero-order valence-electron chi connectivity index (χ0n) is 11.7. The minimum absolute atomic E-state index is 1.09. The molecule has 1 aromatic heterocycles. The molecule has 3 aromatic rings. The van der Waals surface area contributed by atoms with E-state index in [0.29, 0.717) is 0 Å². The van der Waals surface area contributed by atoms with E-state index in [2.05, 4.69) is 68.2 Å². The van der Waals surface area contributed by atoms with E-state index in [1.165, 1.54) is 38.9 Å². The van der Waals surface area contributed by atoms with Crippen LogP contribution in [0.2, 0.25) is 0 Å². The summed E-state index contributed by atoms with van der Waals surface area (Å²) in [7, 11) is 0. The number of aromatic nitrogens is 1. The number of hydrogen-bond acceptors (Lipinski definition) is 0. The van der Waals surface area contributed by atoms with Crippen molar-refractivity contribution >= 4 is 10.9 Å². The molecule has 1 nitrogen and oxygen atoms in total. The Morgan fingerprint density at radius 3 is 2.37 bits per heavy atom. The van der Waals surface area contributed by atoms with Gasteiger partial charge in [-0.25, -0.2) is 0 Å². The summed E-state index contributed by atoms with van der Waals surface area (Å²) >= 11 is 0. The molecule has 1 heterocycles. The van der Waals surface area contributed by atoms with Gasteiger partial charge in [-0.05, 0) is 48.6 Å². The van der Waals surface area contributed by atoms with Crippen molar-refractivity contribution < 1.29 is 0 Å². The van der Waals surface area contributed by atoms with E-state index in [-0.39, 0.29) is 0 Å². The average molecular weight is 249 g/mol. The zero-order valence-corrected chi connectivity index (χ0v) is 11.7. The lowest BCUT2D eigenvalue weighted by atomic mass is 10.1. The topological polar surface area (TPSA) is 15.8 Å². The van der Waals surface area contributed by atoms with Gasteiger partial charge in [0.15, 0.2) is 0 Å². The second kappa shape index (κ2) is 4.58. The van der Waals surface area contributed by atoms with E-state index >= 15 is 0 Å². The van der Waals surface area contributed by atoms with Crippen LogP contribution in [0.15, 0.2) is 42.5 Å². The summed E-state index contributed by atoms with van der Waals surface area (Å²) in [5.74, 6) is 0. The van der Waals surface area contributed by atoms with Crippen molar-refractivity contribution in [3.05, 3.63) is 59.2 Å². The van der Waals surface area contributed by atoms with Gasteiger partial charge < -0.3 is 4.98 Å². The lowest BCUT2D eigenvalue weighted by Crippen LogP contribution is -1.83. The second-order valence-corrected chi connectivity index (χ2v) is 5.21. The number of rotatable bonds is 2. The molecule has 19 heavy (non-hydrogen) atoms. The first-order valence-corrected chi connectivity index (χ1v) is 6.87. The van der Waals surface area contributed by atoms with Crippen molar-refractivity contribution in [2.45, 2.75) is 27.2 Å². The lowest BCUT2D eigenvalue weighted by molar-refractivity contribution is 1.14. The Balaban J connectivity index is 2.12. The number of H-pyrrole nitrogens is 1. The van der Waals surface area contributed by atoms with Crippen LogP contribution in [-0.2, 0) is 6.42 Å². The highest BCUT2D eigenvalue weighted by Gasteiger charge is 2.06. The lowest BCUT2D eigenvalue weighted by Gasteiger charge is -2.01. The van der Waals surface area contributed by atoms with Gasteiger partial charge in [0.1, 0.15) is 0 Å². The second-order valence-electron chi connectivity index (χ2n) is 5.21. The molecule has 2 aromatic carbocycles. The molecule has 1 N–H and O–H groups in total. The van der Waals surface area contributed by atoms with Crippen LogP contribution < -0.4 is 0 Å². The van der Waals surface area contributed by atoms with Gasteiger partial charge in [0.25, 0.3) is 0 Å². The van der Waals surface area contributed by atoms with Crippen LogP contribution in [0.1, 0.15) is 23.6 Å². The highest BCUT2D eigenvalue weighted by Crippen LogP contribution is 2.27. The van der Waals surface area contributed by atoms with Crippen molar-refractivity contribution in [3.8, 4) is 11.3 Å². The minimum atomic E-state index is 1.09. The molecule has 0 saturated carbocycles. The van der Waals surface area contributed by atoms with Crippen LogP contribution in [0.5, 0.6) is 0 Å². The molecule has 0 bridgehead atoms. The Hall–Kier alpha value is -2.02. The zero-order chi connectivity index (χ0) is 13.4. The number of aryl methyl sites for hydroxylation is 3. The summed E-state index contributed by atoms with van der Waals surface area (Å²) < 4.78 is 0. The molecule has 0 radical (unpaired) electrons. The Morgan fingerprint density at radius 2 is 1.68 bits per heavy atom. The molecule has 3 rings (SSSR count). The van der Waals surface area contributed by atoms with E-state index in [9.17, 15) is 0 Å². The van der Waals surface area contributed by atoms with Crippen LogP contribution in [0, 0.1) is 13.8 Å². The monoisotopic (exact) mass is 249 g/mol. The van der Waals surface area contributed by atoms with E-state index in [1.807, 2.05) is 0 Å². The standard InChI is InChI=1S/C18H19N/c1-4-14-6-9-15(10-7-14)17-11-16-8-5-12(2)13(3)18(16)19-17/h5-11,19H,4H2,1-3H3. The Bertz CT molecular complexity index is 717. The highest BCUT2D eigenvalue weighted by molar-refractivity contribution is 5.88. The van der Waals surface area contributed by atoms with Gasteiger partial charge >= 0.3 is 0 Å². The fourth-order valence-electron chi connectivity index (χ4n) is 2.52. The average Bonchev–Trinajstić information content (AvgIpc) is 2.88. The van der Waals surface area contributed by atoms with Gasteiger partial charge in [-0.1, -0.05) is 43.3 Å². The Labute approximate surface area is 114 Å². The minimum Gasteiger partial charge on any atom is -0.354 e. The molecule has 0 aliphatic carbocycles. The van der Waals surface area contributed by atoms with Crippen molar-refractivity contribution in [1.29, 1.82) is 0 Å². The van der Waals surface area contributed by atoms with Gasteiger partial charge in [-0.15, -0.1) is 0 Å². The summed E-state index contributed by atoms with van der Waals surface area (Å²) in [6.07, 6.45) is 1.09. The van der Waals surface area contributed by atoms with Gasteiger partial charge in [0.05, 0.1) is 0 Å². The van der Waals surface area contributed by atoms with Crippen LogP contribution >= 0.6 is 0 Å².